The molecule has 2 fully saturated rings. The number of rotatable bonds is 2. The second kappa shape index (κ2) is 5.52. The van der Waals surface area contributed by atoms with Gasteiger partial charge in [0.05, 0.1) is 17.0 Å². The van der Waals surface area contributed by atoms with Gasteiger partial charge < -0.3 is 14.7 Å². The lowest BCUT2D eigenvalue weighted by Gasteiger charge is -2.33. The zero-order valence-electron chi connectivity index (χ0n) is 11.7. The zero-order valence-corrected chi connectivity index (χ0v) is 12.5. The summed E-state index contributed by atoms with van der Waals surface area (Å²) in [6.07, 6.45) is 0.390. The van der Waals surface area contributed by atoms with Crippen LogP contribution >= 0.6 is 11.6 Å². The molecule has 7 heteroatoms. The molecule has 1 amide bonds. The standard InChI is InChI=1S/C15H15ClFNO4/c16-11-5-9(1-2-12(11)17)13(19)18-6-10-7-22-4-3-15(10,8-18)14(20)21/h1-2,5,10H,3-4,6-8H2,(H,20,21)/t10-,15+/m0/s1. The van der Waals surface area contributed by atoms with Crippen LogP contribution in [0.25, 0.3) is 0 Å². The van der Waals surface area contributed by atoms with Crippen molar-refractivity contribution in [2.45, 2.75) is 6.42 Å². The largest absolute Gasteiger partial charge is 0.481 e. The highest BCUT2D eigenvalue weighted by atomic mass is 35.5. The third-order valence-corrected chi connectivity index (χ3v) is 4.88. The van der Waals surface area contributed by atoms with E-state index in [0.717, 1.165) is 6.07 Å². The smallest absolute Gasteiger partial charge is 0.311 e. The van der Waals surface area contributed by atoms with Crippen molar-refractivity contribution in [2.75, 3.05) is 26.3 Å². The molecule has 5 nitrogen and oxygen atoms in total. The molecule has 0 bridgehead atoms. The molecule has 0 spiro atoms. The van der Waals surface area contributed by atoms with E-state index in [1.54, 1.807) is 0 Å². The summed E-state index contributed by atoms with van der Waals surface area (Å²) in [5.41, 5.74) is -0.691. The van der Waals surface area contributed by atoms with Crippen molar-refractivity contribution in [1.82, 2.24) is 4.90 Å². The van der Waals surface area contributed by atoms with Gasteiger partial charge in [0.2, 0.25) is 0 Å². The van der Waals surface area contributed by atoms with Gasteiger partial charge in [-0.25, -0.2) is 4.39 Å². The fraction of sp³-hybridized carbons (Fsp3) is 0.467. The maximum Gasteiger partial charge on any atom is 0.311 e. The van der Waals surface area contributed by atoms with Crippen molar-refractivity contribution in [1.29, 1.82) is 0 Å². The van der Waals surface area contributed by atoms with E-state index >= 15 is 0 Å². The van der Waals surface area contributed by atoms with Crippen LogP contribution in [-0.2, 0) is 9.53 Å². The number of hydrogen-bond donors (Lipinski definition) is 1. The van der Waals surface area contributed by atoms with Crippen LogP contribution in [0.15, 0.2) is 18.2 Å². The highest BCUT2D eigenvalue weighted by Crippen LogP contribution is 2.42. The zero-order chi connectivity index (χ0) is 15.9. The normalized spacial score (nSPS) is 27.5. The lowest BCUT2D eigenvalue weighted by Crippen LogP contribution is -2.45. The molecule has 1 aromatic carbocycles. The molecule has 0 aliphatic carbocycles. The van der Waals surface area contributed by atoms with Gasteiger partial charge in [0.1, 0.15) is 5.82 Å². The van der Waals surface area contributed by atoms with Crippen molar-refractivity contribution in [3.8, 4) is 0 Å². The van der Waals surface area contributed by atoms with Crippen LogP contribution in [0.2, 0.25) is 5.02 Å². The molecule has 118 valence electrons. The highest BCUT2D eigenvalue weighted by molar-refractivity contribution is 6.31. The molecule has 0 aromatic heterocycles. The van der Waals surface area contributed by atoms with Crippen molar-refractivity contribution < 1.29 is 23.8 Å². The number of hydrogen-bond acceptors (Lipinski definition) is 3. The number of halogens is 2. The summed E-state index contributed by atoms with van der Waals surface area (Å²) in [5, 5.41) is 9.46. The molecule has 0 unspecified atom stereocenters. The van der Waals surface area contributed by atoms with E-state index in [2.05, 4.69) is 0 Å². The van der Waals surface area contributed by atoms with E-state index in [9.17, 15) is 19.1 Å². The van der Waals surface area contributed by atoms with Gasteiger partial charge >= 0.3 is 5.97 Å². The van der Waals surface area contributed by atoms with Gasteiger partial charge in [0.25, 0.3) is 5.91 Å². The minimum Gasteiger partial charge on any atom is -0.481 e. The Balaban J connectivity index is 1.85. The van der Waals surface area contributed by atoms with E-state index < -0.39 is 17.2 Å². The number of carboxylic acid groups (broad SMARTS) is 1. The monoisotopic (exact) mass is 327 g/mol. The molecule has 22 heavy (non-hydrogen) atoms. The molecule has 2 aliphatic rings. The number of likely N-dealkylation sites (tertiary alicyclic amines) is 1. The second-order valence-corrected chi connectivity index (χ2v) is 6.20. The number of nitrogens with zero attached hydrogens (tertiary/aromatic N) is 1. The highest BCUT2D eigenvalue weighted by Gasteiger charge is 2.54. The lowest BCUT2D eigenvalue weighted by atomic mass is 9.74. The maximum atomic E-state index is 13.2. The van der Waals surface area contributed by atoms with Gasteiger partial charge in [0.15, 0.2) is 0 Å². The number of aliphatic carboxylic acids is 1. The van der Waals surface area contributed by atoms with Crippen LogP contribution < -0.4 is 0 Å². The number of carbonyl (C=O) groups excluding carboxylic acids is 1. The van der Waals surface area contributed by atoms with E-state index in [-0.39, 0.29) is 29.0 Å². The van der Waals surface area contributed by atoms with Crippen LogP contribution in [0, 0.1) is 17.2 Å². The molecular weight excluding hydrogens is 313 g/mol. The first kappa shape index (κ1) is 15.2. The minimum atomic E-state index is -0.947. The average molecular weight is 328 g/mol. The van der Waals surface area contributed by atoms with Crippen LogP contribution in [0.5, 0.6) is 0 Å². The fourth-order valence-electron chi connectivity index (χ4n) is 3.27. The summed E-state index contributed by atoms with van der Waals surface area (Å²) < 4.78 is 18.6. The predicted molar refractivity (Wildman–Crippen MR) is 76.3 cm³/mol. The van der Waals surface area contributed by atoms with E-state index in [0.29, 0.717) is 26.2 Å². The number of benzene rings is 1. The van der Waals surface area contributed by atoms with Crippen LogP contribution in [0.3, 0.4) is 0 Å². The number of carbonyl (C=O) groups is 2. The Labute approximate surface area is 131 Å². The quantitative estimate of drug-likeness (QED) is 0.902. The Morgan fingerprint density at radius 1 is 1.45 bits per heavy atom. The van der Waals surface area contributed by atoms with Gasteiger partial charge in [-0.1, -0.05) is 11.6 Å². The molecule has 0 saturated carbocycles. The minimum absolute atomic E-state index is 0.126. The third-order valence-electron chi connectivity index (χ3n) is 4.59. The van der Waals surface area contributed by atoms with Crippen molar-refractivity contribution in [3.63, 3.8) is 0 Å². The summed E-state index contributed by atoms with van der Waals surface area (Å²) >= 11 is 5.70. The Hall–Kier alpha value is -1.66. The Bertz CT molecular complexity index is 638. The fourth-order valence-corrected chi connectivity index (χ4v) is 3.45. The van der Waals surface area contributed by atoms with Gasteiger partial charge in [0, 0.05) is 31.2 Å². The molecule has 1 N–H and O–H groups in total. The van der Waals surface area contributed by atoms with Gasteiger partial charge in [-0.2, -0.15) is 0 Å². The number of fused-ring (bicyclic) bond motifs is 1. The molecule has 0 radical (unpaired) electrons. The first-order valence-corrected chi connectivity index (χ1v) is 7.37. The molecule has 2 aliphatic heterocycles. The van der Waals surface area contributed by atoms with Crippen LogP contribution in [-0.4, -0.2) is 48.2 Å². The Kier molecular flexibility index (Phi) is 3.82. The van der Waals surface area contributed by atoms with Crippen molar-refractivity contribution >= 4 is 23.5 Å². The van der Waals surface area contributed by atoms with Crippen LogP contribution in [0.4, 0.5) is 4.39 Å². The number of carboxylic acids is 1. The van der Waals surface area contributed by atoms with Crippen molar-refractivity contribution in [3.05, 3.63) is 34.6 Å². The molecule has 3 rings (SSSR count). The second-order valence-electron chi connectivity index (χ2n) is 5.80. The summed E-state index contributed by atoms with van der Waals surface area (Å²) in [4.78, 5) is 25.7. The van der Waals surface area contributed by atoms with Crippen molar-refractivity contribution in [2.24, 2.45) is 11.3 Å². The van der Waals surface area contributed by atoms with E-state index in [4.69, 9.17) is 16.3 Å². The number of amides is 1. The summed E-state index contributed by atoms with van der Waals surface area (Å²) in [6, 6.07) is 3.76. The Morgan fingerprint density at radius 3 is 2.86 bits per heavy atom. The third kappa shape index (κ3) is 2.36. The van der Waals surface area contributed by atoms with E-state index in [1.165, 1.54) is 17.0 Å². The lowest BCUT2D eigenvalue weighted by molar-refractivity contribution is -0.157. The summed E-state index contributed by atoms with van der Waals surface area (Å²) in [7, 11) is 0. The predicted octanol–water partition coefficient (Wildman–Crippen LogP) is 2.04. The number of ether oxygens (including phenoxy) is 1. The SMILES string of the molecule is O=C(c1ccc(F)c(Cl)c1)N1C[C@H]2COCC[C@@]2(C(=O)O)C1. The van der Waals surface area contributed by atoms with Gasteiger partial charge in [-0.15, -0.1) is 0 Å². The average Bonchev–Trinajstić information content (AvgIpc) is 2.90. The molecule has 2 atom stereocenters. The summed E-state index contributed by atoms with van der Waals surface area (Å²) in [5.74, 6) is -2.05. The van der Waals surface area contributed by atoms with Gasteiger partial charge in [-0.05, 0) is 24.6 Å². The molecule has 2 saturated heterocycles. The van der Waals surface area contributed by atoms with Gasteiger partial charge in [-0.3, -0.25) is 9.59 Å². The topological polar surface area (TPSA) is 66.8 Å². The maximum absolute atomic E-state index is 13.2. The Morgan fingerprint density at radius 2 is 2.23 bits per heavy atom. The molecular formula is C15H15ClFNO4. The first-order chi connectivity index (χ1) is 10.4. The summed E-state index contributed by atoms with van der Waals surface area (Å²) in [6.45, 7) is 1.18. The van der Waals surface area contributed by atoms with E-state index in [1.807, 2.05) is 0 Å². The first-order valence-electron chi connectivity index (χ1n) is 6.99. The van der Waals surface area contributed by atoms with Crippen LogP contribution in [0.1, 0.15) is 16.8 Å². The molecule has 1 aromatic rings. The molecule has 2 heterocycles.